The van der Waals surface area contributed by atoms with Crippen LogP contribution in [0.3, 0.4) is 0 Å². The van der Waals surface area contributed by atoms with E-state index in [1.54, 1.807) is 27.7 Å². The summed E-state index contributed by atoms with van der Waals surface area (Å²) in [5.41, 5.74) is -0.0757. The van der Waals surface area contributed by atoms with Gasteiger partial charge in [0, 0.05) is 24.9 Å². The lowest BCUT2D eigenvalue weighted by Crippen LogP contribution is -2.38. The maximum absolute atomic E-state index is 12.3. The fourth-order valence-corrected chi connectivity index (χ4v) is 3.16. The number of carboxylic acids is 1. The number of hydrogen-bond acceptors (Lipinski definition) is 4. The molecule has 1 aromatic heterocycles. The summed E-state index contributed by atoms with van der Waals surface area (Å²) in [7, 11) is -3.83. The second kappa shape index (κ2) is 6.59. The summed E-state index contributed by atoms with van der Waals surface area (Å²) < 4.78 is 28.4. The molecule has 1 rings (SSSR count). The third kappa shape index (κ3) is 4.05. The summed E-state index contributed by atoms with van der Waals surface area (Å²) in [6, 6.07) is 0.505. The predicted octanol–water partition coefficient (Wildman–Crippen LogP) is 1.06. The Bertz CT molecular complexity index is 606. The molecule has 8 heteroatoms. The highest BCUT2D eigenvalue weighted by Gasteiger charge is 2.25. The van der Waals surface area contributed by atoms with Crippen LogP contribution in [0, 0.1) is 5.92 Å². The Morgan fingerprint density at radius 2 is 1.90 bits per heavy atom. The highest BCUT2D eigenvalue weighted by molar-refractivity contribution is 7.89. The van der Waals surface area contributed by atoms with Gasteiger partial charge in [0.1, 0.15) is 10.6 Å². The van der Waals surface area contributed by atoms with Gasteiger partial charge in [-0.05, 0) is 32.8 Å². The number of carboxylic acid groups (broad SMARTS) is 1. The Morgan fingerprint density at radius 3 is 2.29 bits per heavy atom. The zero-order valence-corrected chi connectivity index (χ0v) is 13.4. The summed E-state index contributed by atoms with van der Waals surface area (Å²) in [6.45, 7) is 6.77. The molecule has 0 saturated carbocycles. The Kier molecular flexibility index (Phi) is 5.54. The van der Waals surface area contributed by atoms with E-state index in [9.17, 15) is 13.2 Å². The van der Waals surface area contributed by atoms with Crippen LogP contribution in [-0.4, -0.2) is 41.8 Å². The molecule has 0 spiro atoms. The summed E-state index contributed by atoms with van der Waals surface area (Å²) in [5.74, 6) is -1.42. The number of nitrogens with one attached hydrogen (secondary N) is 1. The van der Waals surface area contributed by atoms with Gasteiger partial charge in [-0.15, -0.1) is 0 Å². The number of nitrogens with zero attached hydrogens (tertiary/aromatic N) is 1. The summed E-state index contributed by atoms with van der Waals surface area (Å²) in [4.78, 5) is 11.1. The molecular weight excluding hydrogens is 296 g/mol. The molecule has 0 aliphatic rings. The van der Waals surface area contributed by atoms with Gasteiger partial charge < -0.3 is 14.8 Å². The topological polar surface area (TPSA) is 109 Å². The monoisotopic (exact) mass is 318 g/mol. The number of hydrogen-bond donors (Lipinski definition) is 3. The van der Waals surface area contributed by atoms with Crippen molar-refractivity contribution < 1.29 is 23.4 Å². The number of aromatic nitrogens is 1. The van der Waals surface area contributed by atoms with Crippen LogP contribution >= 0.6 is 0 Å². The van der Waals surface area contributed by atoms with E-state index in [2.05, 4.69) is 4.72 Å². The fraction of sp³-hybridized carbons (Fsp3) is 0.615. The third-order valence-electron chi connectivity index (χ3n) is 3.39. The van der Waals surface area contributed by atoms with Crippen LogP contribution in [0.25, 0.3) is 0 Å². The molecule has 120 valence electrons. The molecule has 2 unspecified atom stereocenters. The fourth-order valence-electron chi connectivity index (χ4n) is 1.79. The highest BCUT2D eigenvalue weighted by Crippen LogP contribution is 2.19. The minimum atomic E-state index is -3.83. The van der Waals surface area contributed by atoms with Crippen LogP contribution in [0.4, 0.5) is 0 Å². The van der Waals surface area contributed by atoms with Gasteiger partial charge in [-0.1, -0.05) is 6.92 Å². The summed E-state index contributed by atoms with van der Waals surface area (Å²) in [6.07, 6.45) is 1.31. The van der Waals surface area contributed by atoms with Crippen LogP contribution in [0.2, 0.25) is 0 Å². The number of aliphatic hydroxyl groups is 1. The SMILES string of the molecule is CC(CO)C(C)NS(=O)(=O)c1cc(C(=O)O)n(C(C)C)c1. The molecule has 0 bridgehead atoms. The predicted molar refractivity (Wildman–Crippen MR) is 77.8 cm³/mol. The van der Waals surface area contributed by atoms with Gasteiger partial charge in [-0.25, -0.2) is 17.9 Å². The number of sulfonamides is 1. The van der Waals surface area contributed by atoms with E-state index < -0.39 is 22.0 Å². The molecule has 0 aliphatic heterocycles. The van der Waals surface area contributed by atoms with E-state index >= 15 is 0 Å². The minimum Gasteiger partial charge on any atom is -0.477 e. The Balaban J connectivity index is 3.15. The molecule has 0 saturated heterocycles. The molecule has 2 atom stereocenters. The molecule has 0 fully saturated rings. The van der Waals surface area contributed by atoms with Gasteiger partial charge in [0.05, 0.1) is 0 Å². The van der Waals surface area contributed by atoms with Crippen LogP contribution in [-0.2, 0) is 10.0 Å². The number of aromatic carboxylic acids is 1. The Hall–Kier alpha value is -1.38. The quantitative estimate of drug-likeness (QED) is 0.696. The van der Waals surface area contributed by atoms with Gasteiger partial charge in [-0.3, -0.25) is 0 Å². The second-order valence-corrected chi connectivity index (χ2v) is 7.15. The zero-order valence-electron chi connectivity index (χ0n) is 12.6. The minimum absolute atomic E-state index is 0.0757. The molecular formula is C13H22N2O5S. The van der Waals surface area contributed by atoms with E-state index in [-0.39, 0.29) is 29.2 Å². The summed E-state index contributed by atoms with van der Waals surface area (Å²) in [5, 5.41) is 18.2. The van der Waals surface area contributed by atoms with Crippen LogP contribution < -0.4 is 4.72 Å². The largest absolute Gasteiger partial charge is 0.477 e. The first-order valence-electron chi connectivity index (χ1n) is 6.68. The second-order valence-electron chi connectivity index (χ2n) is 5.44. The maximum atomic E-state index is 12.3. The molecule has 1 heterocycles. The van der Waals surface area contributed by atoms with Crippen LogP contribution in [0.15, 0.2) is 17.2 Å². The normalized spacial score (nSPS) is 15.1. The smallest absolute Gasteiger partial charge is 0.352 e. The Labute approximate surface area is 124 Å². The van der Waals surface area contributed by atoms with E-state index in [0.29, 0.717) is 0 Å². The van der Waals surface area contributed by atoms with Crippen molar-refractivity contribution in [1.82, 2.24) is 9.29 Å². The van der Waals surface area contributed by atoms with Gasteiger partial charge in [0.15, 0.2) is 0 Å². The first-order chi connectivity index (χ1) is 9.60. The van der Waals surface area contributed by atoms with Gasteiger partial charge in [0.25, 0.3) is 0 Å². The number of rotatable bonds is 7. The highest BCUT2D eigenvalue weighted by atomic mass is 32.2. The average molecular weight is 318 g/mol. The Morgan fingerprint density at radius 1 is 1.33 bits per heavy atom. The van der Waals surface area contributed by atoms with E-state index in [1.807, 2.05) is 0 Å². The van der Waals surface area contributed by atoms with E-state index in [4.69, 9.17) is 10.2 Å². The average Bonchev–Trinajstić information content (AvgIpc) is 2.83. The number of aliphatic hydroxyl groups excluding tert-OH is 1. The van der Waals surface area contributed by atoms with Crippen molar-refractivity contribution in [2.24, 2.45) is 5.92 Å². The maximum Gasteiger partial charge on any atom is 0.352 e. The lowest BCUT2D eigenvalue weighted by Gasteiger charge is -2.18. The van der Waals surface area contributed by atoms with Crippen LogP contribution in [0.1, 0.15) is 44.2 Å². The first kappa shape index (κ1) is 17.7. The van der Waals surface area contributed by atoms with Crippen molar-refractivity contribution in [2.45, 2.75) is 44.7 Å². The zero-order chi connectivity index (χ0) is 16.4. The van der Waals surface area contributed by atoms with E-state index in [0.717, 1.165) is 6.07 Å². The molecule has 3 N–H and O–H groups in total. The van der Waals surface area contributed by atoms with Crippen molar-refractivity contribution in [1.29, 1.82) is 0 Å². The standard InChI is InChI=1S/C13H22N2O5S/c1-8(2)15-6-11(5-12(15)13(17)18)21(19,20)14-10(4)9(3)7-16/h5-6,8-10,14,16H,7H2,1-4H3,(H,17,18). The lowest BCUT2D eigenvalue weighted by molar-refractivity contribution is 0.0683. The van der Waals surface area contributed by atoms with Crippen molar-refractivity contribution in [3.8, 4) is 0 Å². The summed E-state index contributed by atoms with van der Waals surface area (Å²) >= 11 is 0. The third-order valence-corrected chi connectivity index (χ3v) is 4.92. The molecule has 0 aromatic carbocycles. The van der Waals surface area contributed by atoms with Crippen molar-refractivity contribution >= 4 is 16.0 Å². The molecule has 0 aliphatic carbocycles. The molecule has 7 nitrogen and oxygen atoms in total. The van der Waals surface area contributed by atoms with Crippen molar-refractivity contribution in [2.75, 3.05) is 6.61 Å². The molecule has 21 heavy (non-hydrogen) atoms. The molecule has 0 amide bonds. The van der Waals surface area contributed by atoms with Crippen molar-refractivity contribution in [3.63, 3.8) is 0 Å². The van der Waals surface area contributed by atoms with Crippen LogP contribution in [0.5, 0.6) is 0 Å². The van der Waals surface area contributed by atoms with Gasteiger partial charge in [0.2, 0.25) is 10.0 Å². The van der Waals surface area contributed by atoms with Gasteiger partial charge >= 0.3 is 5.97 Å². The van der Waals surface area contributed by atoms with E-state index in [1.165, 1.54) is 10.8 Å². The number of carbonyl (C=O) groups is 1. The van der Waals surface area contributed by atoms with Gasteiger partial charge in [-0.2, -0.15) is 0 Å². The first-order valence-corrected chi connectivity index (χ1v) is 8.16. The molecule has 0 radical (unpaired) electrons. The van der Waals surface area contributed by atoms with Crippen molar-refractivity contribution in [3.05, 3.63) is 18.0 Å². The lowest BCUT2D eigenvalue weighted by atomic mass is 10.1. The molecule has 1 aromatic rings.